The summed E-state index contributed by atoms with van der Waals surface area (Å²) < 4.78 is 39.9. The molecule has 0 aliphatic carbocycles. The summed E-state index contributed by atoms with van der Waals surface area (Å²) in [5.74, 6) is 0. The van der Waals surface area contributed by atoms with E-state index in [0.717, 1.165) is 12.1 Å². The molecule has 0 saturated heterocycles. The highest BCUT2D eigenvalue weighted by Gasteiger charge is 2.30. The van der Waals surface area contributed by atoms with E-state index in [1.807, 2.05) is 6.07 Å². The SMILES string of the molecule is Cc1nn2c(-c3cccc(C(F)(F)F)c3)ccnc2c1C#N. The highest BCUT2D eigenvalue weighted by Crippen LogP contribution is 2.32. The molecule has 0 fully saturated rings. The van der Waals surface area contributed by atoms with Crippen LogP contribution in [0.4, 0.5) is 13.2 Å². The third-order valence-electron chi connectivity index (χ3n) is 3.29. The molecule has 3 aromatic rings. The van der Waals surface area contributed by atoms with E-state index in [2.05, 4.69) is 10.1 Å². The maximum absolute atomic E-state index is 12.8. The van der Waals surface area contributed by atoms with Gasteiger partial charge in [0.05, 0.1) is 17.0 Å². The van der Waals surface area contributed by atoms with Crippen molar-refractivity contribution in [2.45, 2.75) is 13.1 Å². The van der Waals surface area contributed by atoms with Crippen LogP contribution >= 0.6 is 0 Å². The normalized spacial score (nSPS) is 11.6. The first-order valence-electron chi connectivity index (χ1n) is 6.34. The Kier molecular flexibility index (Phi) is 3.10. The van der Waals surface area contributed by atoms with E-state index >= 15 is 0 Å². The maximum Gasteiger partial charge on any atom is 0.416 e. The molecule has 2 aromatic heterocycles. The summed E-state index contributed by atoms with van der Waals surface area (Å²) in [6.07, 6.45) is -2.97. The van der Waals surface area contributed by atoms with Crippen LogP contribution in [0.3, 0.4) is 0 Å². The average molecular weight is 302 g/mol. The molecule has 4 nitrogen and oxygen atoms in total. The zero-order valence-electron chi connectivity index (χ0n) is 11.4. The minimum Gasteiger partial charge on any atom is -0.236 e. The summed E-state index contributed by atoms with van der Waals surface area (Å²) in [7, 11) is 0. The minimum absolute atomic E-state index is 0.314. The lowest BCUT2D eigenvalue weighted by Crippen LogP contribution is -2.05. The third kappa shape index (κ3) is 2.19. The molecular formula is C15H9F3N4. The standard InChI is InChI=1S/C15H9F3N4/c1-9-12(8-19)14-20-6-5-13(22(14)21-9)10-3-2-4-11(7-10)15(16,17)18/h2-7H,1H3. The van der Waals surface area contributed by atoms with Crippen molar-refractivity contribution in [2.75, 3.05) is 0 Å². The van der Waals surface area contributed by atoms with Gasteiger partial charge in [0.1, 0.15) is 11.6 Å². The van der Waals surface area contributed by atoms with Gasteiger partial charge >= 0.3 is 6.18 Å². The summed E-state index contributed by atoms with van der Waals surface area (Å²) in [4.78, 5) is 4.09. The second-order valence-electron chi connectivity index (χ2n) is 4.72. The van der Waals surface area contributed by atoms with Gasteiger partial charge < -0.3 is 0 Å². The van der Waals surface area contributed by atoms with Gasteiger partial charge in [-0.2, -0.15) is 23.5 Å². The van der Waals surface area contributed by atoms with Crippen LogP contribution in [0.15, 0.2) is 36.5 Å². The van der Waals surface area contributed by atoms with E-state index in [4.69, 9.17) is 5.26 Å². The Morgan fingerprint density at radius 1 is 1.23 bits per heavy atom. The summed E-state index contributed by atoms with van der Waals surface area (Å²) in [5.41, 5.74) is 1.19. The molecule has 0 saturated carbocycles. The van der Waals surface area contributed by atoms with Gasteiger partial charge in [-0.15, -0.1) is 0 Å². The van der Waals surface area contributed by atoms with Crippen LogP contribution in [0.2, 0.25) is 0 Å². The zero-order chi connectivity index (χ0) is 15.9. The molecule has 22 heavy (non-hydrogen) atoms. The predicted octanol–water partition coefficient (Wildman–Crippen LogP) is 3.60. The van der Waals surface area contributed by atoms with E-state index in [-0.39, 0.29) is 0 Å². The van der Waals surface area contributed by atoms with E-state index in [1.165, 1.54) is 16.8 Å². The van der Waals surface area contributed by atoms with Gasteiger partial charge in [0.15, 0.2) is 5.65 Å². The fraction of sp³-hybridized carbons (Fsp3) is 0.133. The van der Waals surface area contributed by atoms with Gasteiger partial charge in [-0.3, -0.25) is 0 Å². The molecule has 0 unspecified atom stereocenters. The highest BCUT2D eigenvalue weighted by molar-refractivity contribution is 5.67. The molecule has 0 N–H and O–H groups in total. The molecule has 0 atom stereocenters. The lowest BCUT2D eigenvalue weighted by atomic mass is 10.1. The molecule has 1 aromatic carbocycles. The van der Waals surface area contributed by atoms with Crippen LogP contribution in [-0.4, -0.2) is 14.6 Å². The molecule has 2 heterocycles. The third-order valence-corrected chi connectivity index (χ3v) is 3.29. The number of hydrogen-bond donors (Lipinski definition) is 0. The number of benzene rings is 1. The van der Waals surface area contributed by atoms with Gasteiger partial charge in [-0.25, -0.2) is 9.50 Å². The number of alkyl halides is 3. The van der Waals surface area contributed by atoms with Crippen molar-refractivity contribution in [1.29, 1.82) is 5.26 Å². The Labute approximate surface area is 123 Å². The first-order chi connectivity index (χ1) is 10.4. The van der Waals surface area contributed by atoms with Crippen molar-refractivity contribution in [3.63, 3.8) is 0 Å². The number of halogens is 3. The number of rotatable bonds is 1. The molecule has 0 aliphatic heterocycles. The van der Waals surface area contributed by atoms with Gasteiger partial charge in [-0.05, 0) is 25.1 Å². The highest BCUT2D eigenvalue weighted by atomic mass is 19.4. The van der Waals surface area contributed by atoms with Gasteiger partial charge in [0, 0.05) is 11.8 Å². The van der Waals surface area contributed by atoms with E-state index in [9.17, 15) is 13.2 Å². The Hall–Kier alpha value is -2.88. The van der Waals surface area contributed by atoms with Crippen molar-refractivity contribution in [2.24, 2.45) is 0 Å². The zero-order valence-corrected chi connectivity index (χ0v) is 11.4. The summed E-state index contributed by atoms with van der Waals surface area (Å²) in [5, 5.41) is 13.3. The molecule has 0 amide bonds. The molecule has 0 aliphatic rings. The van der Waals surface area contributed by atoms with Crippen molar-refractivity contribution in [3.05, 3.63) is 53.3 Å². The van der Waals surface area contributed by atoms with Crippen LogP contribution in [-0.2, 0) is 6.18 Å². The molecule has 0 bridgehead atoms. The molecule has 7 heteroatoms. The van der Waals surface area contributed by atoms with Crippen LogP contribution in [0, 0.1) is 18.3 Å². The number of fused-ring (bicyclic) bond motifs is 1. The molecule has 3 rings (SSSR count). The summed E-state index contributed by atoms with van der Waals surface area (Å²) in [6, 6.07) is 8.54. The van der Waals surface area contributed by atoms with Crippen molar-refractivity contribution in [3.8, 4) is 17.3 Å². The summed E-state index contributed by atoms with van der Waals surface area (Å²) in [6.45, 7) is 1.66. The number of nitriles is 1. The van der Waals surface area contributed by atoms with Crippen LogP contribution in [0.25, 0.3) is 16.9 Å². The van der Waals surface area contributed by atoms with Crippen molar-refractivity contribution in [1.82, 2.24) is 14.6 Å². The fourth-order valence-electron chi connectivity index (χ4n) is 2.26. The lowest BCUT2D eigenvalue weighted by Gasteiger charge is -2.09. The Balaban J connectivity index is 2.26. The Morgan fingerprint density at radius 3 is 2.68 bits per heavy atom. The first-order valence-corrected chi connectivity index (χ1v) is 6.34. The number of aromatic nitrogens is 3. The van der Waals surface area contributed by atoms with Crippen LogP contribution < -0.4 is 0 Å². The quantitative estimate of drug-likeness (QED) is 0.690. The monoisotopic (exact) mass is 302 g/mol. The minimum atomic E-state index is -4.42. The van der Waals surface area contributed by atoms with Crippen LogP contribution in [0.5, 0.6) is 0 Å². The number of hydrogen-bond acceptors (Lipinski definition) is 3. The molecule has 110 valence electrons. The second kappa shape index (κ2) is 4.84. The molecule has 0 radical (unpaired) electrons. The predicted molar refractivity (Wildman–Crippen MR) is 72.9 cm³/mol. The van der Waals surface area contributed by atoms with E-state index in [1.54, 1.807) is 19.1 Å². The smallest absolute Gasteiger partial charge is 0.236 e. The maximum atomic E-state index is 12.8. The van der Waals surface area contributed by atoms with Crippen molar-refractivity contribution < 1.29 is 13.2 Å². The fourth-order valence-corrected chi connectivity index (χ4v) is 2.26. The Bertz CT molecular complexity index is 903. The van der Waals surface area contributed by atoms with Crippen molar-refractivity contribution >= 4 is 5.65 Å². The second-order valence-corrected chi connectivity index (χ2v) is 4.72. The van der Waals surface area contributed by atoms with E-state index in [0.29, 0.717) is 28.2 Å². The van der Waals surface area contributed by atoms with Gasteiger partial charge in [0.2, 0.25) is 0 Å². The molecular weight excluding hydrogens is 293 g/mol. The molecule has 0 spiro atoms. The van der Waals surface area contributed by atoms with Gasteiger partial charge in [-0.1, -0.05) is 12.1 Å². The van der Waals surface area contributed by atoms with Gasteiger partial charge in [0.25, 0.3) is 0 Å². The van der Waals surface area contributed by atoms with Crippen LogP contribution in [0.1, 0.15) is 16.8 Å². The number of aryl methyl sites for hydroxylation is 1. The average Bonchev–Trinajstić information content (AvgIpc) is 2.81. The van der Waals surface area contributed by atoms with E-state index < -0.39 is 11.7 Å². The topological polar surface area (TPSA) is 54.0 Å². The lowest BCUT2D eigenvalue weighted by molar-refractivity contribution is -0.137. The Morgan fingerprint density at radius 2 is 2.00 bits per heavy atom. The number of nitrogens with zero attached hydrogens (tertiary/aromatic N) is 4. The first kappa shape index (κ1) is 14.1. The largest absolute Gasteiger partial charge is 0.416 e. The summed E-state index contributed by atoms with van der Waals surface area (Å²) >= 11 is 0.